The molecular formula is C15H15ClF2O2. The van der Waals surface area contributed by atoms with Crippen LogP contribution >= 0.6 is 11.6 Å². The van der Waals surface area contributed by atoms with Gasteiger partial charge < -0.3 is 9.52 Å². The van der Waals surface area contributed by atoms with E-state index in [0.29, 0.717) is 29.2 Å². The highest BCUT2D eigenvalue weighted by Crippen LogP contribution is 2.42. The third-order valence-electron chi connectivity index (χ3n) is 4.00. The Bertz CT molecular complexity index is 613. The van der Waals surface area contributed by atoms with Crippen molar-refractivity contribution in [1.82, 2.24) is 0 Å². The molecule has 0 aliphatic heterocycles. The molecule has 20 heavy (non-hydrogen) atoms. The zero-order chi connectivity index (χ0) is 14.3. The van der Waals surface area contributed by atoms with Crippen molar-refractivity contribution in [1.29, 1.82) is 0 Å². The van der Waals surface area contributed by atoms with Gasteiger partial charge in [0, 0.05) is 23.3 Å². The topological polar surface area (TPSA) is 33.4 Å². The third-order valence-corrected chi connectivity index (χ3v) is 4.23. The Kier molecular flexibility index (Phi) is 3.46. The van der Waals surface area contributed by atoms with E-state index in [-0.39, 0.29) is 18.8 Å². The second-order valence-electron chi connectivity index (χ2n) is 5.47. The van der Waals surface area contributed by atoms with Crippen LogP contribution in [-0.4, -0.2) is 11.0 Å². The molecule has 1 atom stereocenters. The minimum Gasteiger partial charge on any atom is -0.458 e. The average molecular weight is 301 g/mol. The highest BCUT2D eigenvalue weighted by Gasteiger charge is 2.38. The zero-order valence-corrected chi connectivity index (χ0v) is 11.5. The quantitative estimate of drug-likeness (QED) is 0.851. The summed E-state index contributed by atoms with van der Waals surface area (Å²) in [5, 5.41) is 11.7. The monoisotopic (exact) mass is 300 g/mol. The molecule has 0 radical (unpaired) electrons. The number of benzene rings is 1. The minimum absolute atomic E-state index is 0.166. The van der Waals surface area contributed by atoms with Crippen molar-refractivity contribution in [2.45, 2.75) is 37.7 Å². The van der Waals surface area contributed by atoms with E-state index in [1.165, 1.54) is 0 Å². The summed E-state index contributed by atoms with van der Waals surface area (Å²) in [6.07, 6.45) is -0.545. The third kappa shape index (κ3) is 2.67. The van der Waals surface area contributed by atoms with E-state index >= 15 is 0 Å². The summed E-state index contributed by atoms with van der Waals surface area (Å²) in [4.78, 5) is 0. The number of halogens is 3. The summed E-state index contributed by atoms with van der Waals surface area (Å²) >= 11 is 5.90. The summed E-state index contributed by atoms with van der Waals surface area (Å²) in [7, 11) is 0. The fourth-order valence-corrected chi connectivity index (χ4v) is 2.97. The van der Waals surface area contributed by atoms with Crippen molar-refractivity contribution >= 4 is 22.6 Å². The number of aliphatic hydroxyl groups is 1. The van der Waals surface area contributed by atoms with Gasteiger partial charge in [0.25, 0.3) is 0 Å². The second kappa shape index (κ2) is 5.01. The largest absolute Gasteiger partial charge is 0.458 e. The lowest BCUT2D eigenvalue weighted by molar-refractivity contribution is -0.0650. The fourth-order valence-electron chi connectivity index (χ4n) is 2.79. The van der Waals surface area contributed by atoms with E-state index in [9.17, 15) is 13.9 Å². The highest BCUT2D eigenvalue weighted by atomic mass is 35.5. The molecule has 1 aliphatic rings. The molecule has 1 saturated carbocycles. The summed E-state index contributed by atoms with van der Waals surface area (Å²) in [6.45, 7) is 0. The Labute approximate surface area is 120 Å². The molecule has 1 aromatic heterocycles. The van der Waals surface area contributed by atoms with Crippen LogP contribution in [0.5, 0.6) is 0 Å². The first-order valence-electron chi connectivity index (χ1n) is 6.69. The normalized spacial score (nSPS) is 21.2. The lowest BCUT2D eigenvalue weighted by Gasteiger charge is -2.30. The number of aliphatic hydroxyl groups excluding tert-OH is 1. The van der Waals surface area contributed by atoms with Crippen LogP contribution in [0.3, 0.4) is 0 Å². The molecule has 1 heterocycles. The standard InChI is InChI=1S/C15H15ClF2O2/c16-11-1-2-12-10(7-11)8-13(20-12)14(19)9-3-5-15(17,18)6-4-9/h1-2,7-9,14,19H,3-6H2. The van der Waals surface area contributed by atoms with Crippen LogP contribution in [0.15, 0.2) is 28.7 Å². The van der Waals surface area contributed by atoms with Gasteiger partial charge in [0.1, 0.15) is 17.4 Å². The lowest BCUT2D eigenvalue weighted by Crippen LogP contribution is -2.27. The van der Waals surface area contributed by atoms with E-state index in [1.807, 2.05) is 0 Å². The van der Waals surface area contributed by atoms with Gasteiger partial charge in [-0.05, 0) is 43.0 Å². The number of hydrogen-bond donors (Lipinski definition) is 1. The Balaban J connectivity index is 1.80. The molecule has 1 fully saturated rings. The Morgan fingerprint density at radius 2 is 1.95 bits per heavy atom. The maximum Gasteiger partial charge on any atom is 0.248 e. The maximum absolute atomic E-state index is 13.1. The fraction of sp³-hybridized carbons (Fsp3) is 0.467. The van der Waals surface area contributed by atoms with Crippen LogP contribution in [0.1, 0.15) is 37.5 Å². The molecule has 1 aromatic carbocycles. The van der Waals surface area contributed by atoms with Crippen LogP contribution in [0.2, 0.25) is 5.02 Å². The molecule has 0 amide bonds. The van der Waals surface area contributed by atoms with Crippen molar-refractivity contribution in [3.63, 3.8) is 0 Å². The molecule has 2 nitrogen and oxygen atoms in total. The summed E-state index contributed by atoms with van der Waals surface area (Å²) in [6, 6.07) is 6.94. The predicted molar refractivity (Wildman–Crippen MR) is 73.1 cm³/mol. The number of fused-ring (bicyclic) bond motifs is 1. The summed E-state index contributed by atoms with van der Waals surface area (Å²) in [5.41, 5.74) is 0.643. The smallest absolute Gasteiger partial charge is 0.248 e. The van der Waals surface area contributed by atoms with Crippen LogP contribution in [-0.2, 0) is 0 Å². The Morgan fingerprint density at radius 1 is 1.25 bits per heavy atom. The lowest BCUT2D eigenvalue weighted by atomic mass is 9.82. The molecule has 0 saturated heterocycles. The SMILES string of the molecule is OC(c1cc2cc(Cl)ccc2o1)C1CCC(F)(F)CC1. The molecule has 2 aromatic rings. The van der Waals surface area contributed by atoms with Crippen LogP contribution in [0.25, 0.3) is 11.0 Å². The van der Waals surface area contributed by atoms with Gasteiger partial charge in [0.05, 0.1) is 0 Å². The molecule has 0 bridgehead atoms. The molecule has 1 unspecified atom stereocenters. The van der Waals surface area contributed by atoms with Gasteiger partial charge in [-0.15, -0.1) is 0 Å². The first-order chi connectivity index (χ1) is 9.44. The molecule has 5 heteroatoms. The number of rotatable bonds is 2. The van der Waals surface area contributed by atoms with Crippen LogP contribution in [0, 0.1) is 5.92 Å². The average Bonchev–Trinajstić information content (AvgIpc) is 2.80. The van der Waals surface area contributed by atoms with Gasteiger partial charge in [-0.3, -0.25) is 0 Å². The van der Waals surface area contributed by atoms with Crippen molar-refractivity contribution in [3.05, 3.63) is 35.0 Å². The first-order valence-corrected chi connectivity index (χ1v) is 7.07. The molecule has 1 N–H and O–H groups in total. The van der Waals surface area contributed by atoms with E-state index in [0.717, 1.165) is 5.39 Å². The summed E-state index contributed by atoms with van der Waals surface area (Å²) in [5.74, 6) is -2.33. The zero-order valence-electron chi connectivity index (χ0n) is 10.8. The van der Waals surface area contributed by atoms with Crippen molar-refractivity contribution in [3.8, 4) is 0 Å². The highest BCUT2D eigenvalue weighted by molar-refractivity contribution is 6.31. The van der Waals surface area contributed by atoms with E-state index < -0.39 is 12.0 Å². The number of alkyl halides is 2. The van der Waals surface area contributed by atoms with E-state index in [1.54, 1.807) is 24.3 Å². The number of hydrogen-bond acceptors (Lipinski definition) is 2. The van der Waals surface area contributed by atoms with E-state index in [4.69, 9.17) is 16.0 Å². The van der Waals surface area contributed by atoms with Gasteiger partial charge >= 0.3 is 0 Å². The minimum atomic E-state index is -2.59. The van der Waals surface area contributed by atoms with Gasteiger partial charge in [-0.25, -0.2) is 8.78 Å². The van der Waals surface area contributed by atoms with Gasteiger partial charge in [0.15, 0.2) is 0 Å². The van der Waals surface area contributed by atoms with Crippen molar-refractivity contribution < 1.29 is 18.3 Å². The van der Waals surface area contributed by atoms with Crippen molar-refractivity contribution in [2.24, 2.45) is 5.92 Å². The number of furan rings is 1. The molecule has 3 rings (SSSR count). The van der Waals surface area contributed by atoms with Crippen molar-refractivity contribution in [2.75, 3.05) is 0 Å². The second-order valence-corrected chi connectivity index (χ2v) is 5.91. The molecule has 0 spiro atoms. The predicted octanol–water partition coefficient (Wildman–Crippen LogP) is 4.95. The first kappa shape index (κ1) is 13.8. The Morgan fingerprint density at radius 3 is 2.65 bits per heavy atom. The summed E-state index contributed by atoms with van der Waals surface area (Å²) < 4.78 is 31.9. The van der Waals surface area contributed by atoms with Gasteiger partial charge in [-0.2, -0.15) is 0 Å². The van der Waals surface area contributed by atoms with E-state index in [2.05, 4.69) is 0 Å². The van der Waals surface area contributed by atoms with Gasteiger partial charge in [0.2, 0.25) is 5.92 Å². The van der Waals surface area contributed by atoms with Gasteiger partial charge in [-0.1, -0.05) is 11.6 Å². The maximum atomic E-state index is 13.1. The molecule has 1 aliphatic carbocycles. The molecular weight excluding hydrogens is 286 g/mol. The Hall–Kier alpha value is -1.13. The van der Waals surface area contributed by atoms with Crippen LogP contribution < -0.4 is 0 Å². The van der Waals surface area contributed by atoms with Crippen LogP contribution in [0.4, 0.5) is 8.78 Å². The molecule has 108 valence electrons.